The van der Waals surface area contributed by atoms with Gasteiger partial charge in [-0.3, -0.25) is 0 Å². The Hall–Kier alpha value is -0.120. The first-order chi connectivity index (χ1) is 4.43. The second kappa shape index (κ2) is 3.82. The van der Waals surface area contributed by atoms with Crippen LogP contribution in [0.25, 0.3) is 0 Å². The topological polar surface area (TPSA) is 38.4 Å². The van der Waals surface area contributed by atoms with Gasteiger partial charge in [0.1, 0.15) is 6.61 Å². The molecular weight excluding hydrogens is 120 g/mol. The molecule has 1 radical (unpaired) electrons. The van der Waals surface area contributed by atoms with Crippen LogP contribution in [0.5, 0.6) is 0 Å². The van der Waals surface area contributed by atoms with E-state index in [9.17, 15) is 5.11 Å². The molecule has 3 nitrogen and oxygen atoms in total. The summed E-state index contributed by atoms with van der Waals surface area (Å²) in [5, 5.41) is 9.92. The molecule has 0 amide bonds. The van der Waals surface area contributed by atoms with Gasteiger partial charge >= 0.3 is 0 Å². The molecule has 1 fully saturated rings. The minimum Gasteiger partial charge on any atom is -0.379 e. The maximum absolute atomic E-state index is 9.92. The lowest BCUT2D eigenvalue weighted by atomic mass is 10.3. The van der Waals surface area contributed by atoms with Crippen molar-refractivity contribution in [3.63, 3.8) is 0 Å². The van der Waals surface area contributed by atoms with E-state index in [4.69, 9.17) is 9.47 Å². The Bertz CT molecular complexity index is 68.7. The van der Waals surface area contributed by atoms with Crippen LogP contribution < -0.4 is 0 Å². The largest absolute Gasteiger partial charge is 0.379 e. The first-order valence-corrected chi connectivity index (χ1v) is 3.21. The van der Waals surface area contributed by atoms with E-state index in [1.807, 2.05) is 0 Å². The second-order valence-corrected chi connectivity index (χ2v) is 2.06. The molecule has 0 aromatic rings. The fourth-order valence-corrected chi connectivity index (χ4v) is 0.859. The molecule has 9 heavy (non-hydrogen) atoms. The van der Waals surface area contributed by atoms with Crippen molar-refractivity contribution in [1.29, 1.82) is 0 Å². The van der Waals surface area contributed by atoms with Gasteiger partial charge < -0.3 is 9.47 Å². The molecule has 0 aromatic carbocycles. The normalized spacial score (nSPS) is 27.0. The summed E-state index contributed by atoms with van der Waals surface area (Å²) < 4.78 is 10.1. The summed E-state index contributed by atoms with van der Waals surface area (Å²) in [6, 6.07) is 0. The predicted molar refractivity (Wildman–Crippen MR) is 30.7 cm³/mol. The summed E-state index contributed by atoms with van der Waals surface area (Å²) in [5.41, 5.74) is 0. The lowest BCUT2D eigenvalue weighted by Gasteiger charge is -2.05. The molecule has 53 valence electrons. The van der Waals surface area contributed by atoms with Crippen molar-refractivity contribution >= 4 is 0 Å². The van der Waals surface area contributed by atoms with Gasteiger partial charge in [-0.2, -0.15) is 0 Å². The fraction of sp³-hybridized carbons (Fsp3) is 1.00. The van der Waals surface area contributed by atoms with E-state index in [1.165, 1.54) is 0 Å². The molecule has 1 rings (SSSR count). The zero-order valence-electron chi connectivity index (χ0n) is 5.34. The average Bonchev–Trinajstić information content (AvgIpc) is 2.34. The van der Waals surface area contributed by atoms with Crippen LogP contribution in [0.2, 0.25) is 0 Å². The maximum Gasteiger partial charge on any atom is 0.106 e. The third kappa shape index (κ3) is 2.30. The summed E-state index contributed by atoms with van der Waals surface area (Å²) in [4.78, 5) is 0. The third-order valence-corrected chi connectivity index (χ3v) is 1.32. The van der Waals surface area contributed by atoms with Gasteiger partial charge in [-0.1, -0.05) is 0 Å². The van der Waals surface area contributed by atoms with Crippen molar-refractivity contribution in [1.82, 2.24) is 0 Å². The van der Waals surface area contributed by atoms with Crippen LogP contribution in [-0.4, -0.2) is 32.5 Å². The van der Waals surface area contributed by atoms with E-state index in [0.717, 1.165) is 13.0 Å². The van der Waals surface area contributed by atoms with Crippen molar-refractivity contribution in [2.75, 3.05) is 26.4 Å². The Morgan fingerprint density at radius 3 is 3.11 bits per heavy atom. The van der Waals surface area contributed by atoms with E-state index < -0.39 is 0 Å². The minimum absolute atomic E-state index is 0.142. The number of hydrogen-bond acceptors (Lipinski definition) is 2. The highest BCUT2D eigenvalue weighted by Gasteiger charge is 2.14. The lowest BCUT2D eigenvalue weighted by molar-refractivity contribution is 0.00772. The maximum atomic E-state index is 9.92. The molecule has 0 bridgehead atoms. The average molecular weight is 131 g/mol. The van der Waals surface area contributed by atoms with Crippen molar-refractivity contribution in [2.24, 2.45) is 0 Å². The lowest BCUT2D eigenvalue weighted by Crippen LogP contribution is -2.14. The van der Waals surface area contributed by atoms with Crippen molar-refractivity contribution in [2.45, 2.75) is 12.5 Å². The monoisotopic (exact) mass is 131 g/mol. The van der Waals surface area contributed by atoms with Gasteiger partial charge in [-0.15, -0.1) is 0 Å². The van der Waals surface area contributed by atoms with Gasteiger partial charge in [-0.25, -0.2) is 5.11 Å². The SMILES string of the molecule is [O]CCO[C@H]1CCOC1. The van der Waals surface area contributed by atoms with E-state index in [2.05, 4.69) is 0 Å². The predicted octanol–water partition coefficient (Wildman–Crippen LogP) is 0.222. The number of hydrogen-bond donors (Lipinski definition) is 0. The summed E-state index contributed by atoms with van der Waals surface area (Å²) in [7, 11) is 0. The van der Waals surface area contributed by atoms with Gasteiger partial charge in [0, 0.05) is 6.61 Å². The van der Waals surface area contributed by atoms with Gasteiger partial charge in [0.25, 0.3) is 0 Å². The highest BCUT2D eigenvalue weighted by molar-refractivity contribution is 4.62. The Morgan fingerprint density at radius 2 is 2.56 bits per heavy atom. The van der Waals surface area contributed by atoms with Crippen LogP contribution in [0.4, 0.5) is 0 Å². The van der Waals surface area contributed by atoms with Crippen LogP contribution in [-0.2, 0) is 14.6 Å². The van der Waals surface area contributed by atoms with Crippen LogP contribution in [0, 0.1) is 0 Å². The van der Waals surface area contributed by atoms with Crippen molar-refractivity contribution in [3.8, 4) is 0 Å². The zero-order valence-corrected chi connectivity index (χ0v) is 5.34. The quantitative estimate of drug-likeness (QED) is 0.549. The van der Waals surface area contributed by atoms with E-state index >= 15 is 0 Å². The molecule has 0 aromatic heterocycles. The molecule has 0 aliphatic carbocycles. The molecule has 1 saturated heterocycles. The highest BCUT2D eigenvalue weighted by atomic mass is 16.5. The number of ether oxygens (including phenoxy) is 2. The smallest absolute Gasteiger partial charge is 0.106 e. The molecule has 1 atom stereocenters. The molecule has 3 heteroatoms. The summed E-state index contributed by atoms with van der Waals surface area (Å²) in [5.74, 6) is 0. The highest BCUT2D eigenvalue weighted by Crippen LogP contribution is 2.06. The first-order valence-electron chi connectivity index (χ1n) is 3.21. The van der Waals surface area contributed by atoms with Crippen LogP contribution in [0.3, 0.4) is 0 Å². The molecular formula is C6H11O3. The van der Waals surface area contributed by atoms with Crippen molar-refractivity contribution < 1.29 is 14.6 Å². The molecule has 0 N–H and O–H groups in total. The van der Waals surface area contributed by atoms with Crippen molar-refractivity contribution in [3.05, 3.63) is 0 Å². The summed E-state index contributed by atoms with van der Waals surface area (Å²) in [6.07, 6.45) is 1.14. The molecule has 1 aliphatic rings. The van der Waals surface area contributed by atoms with E-state index in [0.29, 0.717) is 13.2 Å². The Kier molecular flexibility index (Phi) is 2.97. The minimum atomic E-state index is -0.142. The van der Waals surface area contributed by atoms with Crippen LogP contribution >= 0.6 is 0 Å². The molecule has 1 aliphatic heterocycles. The zero-order chi connectivity index (χ0) is 6.53. The molecule has 0 saturated carbocycles. The van der Waals surface area contributed by atoms with Gasteiger partial charge in [-0.05, 0) is 6.42 Å². The van der Waals surface area contributed by atoms with E-state index in [-0.39, 0.29) is 12.7 Å². The Morgan fingerprint density at radius 1 is 1.67 bits per heavy atom. The van der Waals surface area contributed by atoms with Gasteiger partial charge in [0.15, 0.2) is 0 Å². The Labute approximate surface area is 54.6 Å². The second-order valence-electron chi connectivity index (χ2n) is 2.06. The van der Waals surface area contributed by atoms with Crippen LogP contribution in [0.1, 0.15) is 6.42 Å². The van der Waals surface area contributed by atoms with Crippen LogP contribution in [0.15, 0.2) is 0 Å². The van der Waals surface area contributed by atoms with E-state index in [1.54, 1.807) is 0 Å². The molecule has 1 heterocycles. The molecule has 0 unspecified atom stereocenters. The Balaban J connectivity index is 1.98. The summed E-state index contributed by atoms with van der Waals surface area (Å²) >= 11 is 0. The summed E-state index contributed by atoms with van der Waals surface area (Å²) in [6.45, 7) is 1.63. The van der Waals surface area contributed by atoms with Gasteiger partial charge in [0.05, 0.1) is 19.3 Å². The molecule has 0 spiro atoms. The third-order valence-electron chi connectivity index (χ3n) is 1.32. The number of rotatable bonds is 3. The first kappa shape index (κ1) is 6.99. The fourth-order valence-electron chi connectivity index (χ4n) is 0.859. The van der Waals surface area contributed by atoms with Gasteiger partial charge in [0.2, 0.25) is 0 Å². The standard InChI is InChI=1S/C6H11O3/c7-2-4-9-6-1-3-8-5-6/h6H,1-5H2/t6-/m0/s1.